The number of nitrogens with one attached hydrogen (secondary N) is 1. The molecule has 1 aromatic carbocycles. The van der Waals surface area contributed by atoms with Crippen LogP contribution < -0.4 is 0 Å². The number of H-pyrrole nitrogens is 1. The van der Waals surface area contributed by atoms with E-state index in [0.29, 0.717) is 43.9 Å². The number of hydrogen-bond acceptors (Lipinski definition) is 4. The van der Waals surface area contributed by atoms with Gasteiger partial charge in [0.1, 0.15) is 0 Å². The Kier molecular flexibility index (Phi) is 6.80. The van der Waals surface area contributed by atoms with Crippen molar-refractivity contribution in [3.63, 3.8) is 0 Å². The van der Waals surface area contributed by atoms with Crippen LogP contribution in [0, 0.1) is 6.92 Å². The molecule has 2 heterocycles. The van der Waals surface area contributed by atoms with Gasteiger partial charge in [0.2, 0.25) is 5.91 Å². The summed E-state index contributed by atoms with van der Waals surface area (Å²) in [7, 11) is 0. The van der Waals surface area contributed by atoms with E-state index in [2.05, 4.69) is 9.88 Å². The second-order valence-electron chi connectivity index (χ2n) is 8.87. The Labute approximate surface area is 184 Å². The minimum atomic E-state index is -0.583. The van der Waals surface area contributed by atoms with Crippen molar-refractivity contribution in [3.8, 4) is 0 Å². The SMILES string of the molecule is CCc1c(C(=O)CN2CCN(C(=O)C(C)(C)c3ccccc3)CC2)[nH]c(C)c1C(C)=O. The molecule has 3 rings (SSSR count). The van der Waals surface area contributed by atoms with Crippen LogP contribution >= 0.6 is 0 Å². The predicted octanol–water partition coefficient (Wildman–Crippen LogP) is 3.39. The molecule has 0 aliphatic carbocycles. The van der Waals surface area contributed by atoms with E-state index in [1.54, 1.807) is 0 Å². The van der Waals surface area contributed by atoms with Crippen LogP contribution in [-0.2, 0) is 16.6 Å². The topological polar surface area (TPSA) is 73.5 Å². The maximum Gasteiger partial charge on any atom is 0.232 e. The van der Waals surface area contributed by atoms with Crippen LogP contribution in [-0.4, -0.2) is 65.0 Å². The Hall–Kier alpha value is -2.73. The Bertz CT molecular complexity index is 967. The number of aromatic nitrogens is 1. The van der Waals surface area contributed by atoms with Crippen LogP contribution in [0.25, 0.3) is 0 Å². The Morgan fingerprint density at radius 3 is 2.19 bits per heavy atom. The molecule has 1 saturated heterocycles. The molecule has 1 N–H and O–H groups in total. The second-order valence-corrected chi connectivity index (χ2v) is 8.87. The zero-order chi connectivity index (χ0) is 22.8. The van der Waals surface area contributed by atoms with Crippen molar-refractivity contribution in [1.82, 2.24) is 14.8 Å². The fourth-order valence-electron chi connectivity index (χ4n) is 4.51. The minimum Gasteiger partial charge on any atom is -0.355 e. The number of amides is 1. The average molecular weight is 424 g/mol. The largest absolute Gasteiger partial charge is 0.355 e. The first-order chi connectivity index (χ1) is 14.7. The van der Waals surface area contributed by atoms with Gasteiger partial charge in [0.15, 0.2) is 11.6 Å². The molecule has 0 bridgehead atoms. The number of piperazine rings is 1. The molecule has 1 amide bonds. The lowest BCUT2D eigenvalue weighted by Gasteiger charge is -2.38. The lowest BCUT2D eigenvalue weighted by atomic mass is 9.83. The first-order valence-corrected chi connectivity index (χ1v) is 11.0. The van der Waals surface area contributed by atoms with E-state index in [0.717, 1.165) is 16.8 Å². The standard InChI is InChI=1S/C25H33N3O3/c1-6-20-22(18(3)29)17(2)26-23(20)21(30)16-27-12-14-28(15-13-27)24(31)25(4,5)19-10-8-7-9-11-19/h7-11,26H,6,12-16H2,1-5H3. The highest BCUT2D eigenvalue weighted by molar-refractivity contribution is 6.04. The highest BCUT2D eigenvalue weighted by atomic mass is 16.2. The van der Waals surface area contributed by atoms with Crippen molar-refractivity contribution in [3.05, 3.63) is 58.4 Å². The predicted molar refractivity (Wildman–Crippen MR) is 122 cm³/mol. The van der Waals surface area contributed by atoms with Crippen LogP contribution in [0.3, 0.4) is 0 Å². The van der Waals surface area contributed by atoms with Crippen molar-refractivity contribution < 1.29 is 14.4 Å². The first kappa shape index (κ1) is 22.9. The second kappa shape index (κ2) is 9.18. The Morgan fingerprint density at radius 2 is 1.65 bits per heavy atom. The summed E-state index contributed by atoms with van der Waals surface area (Å²) in [6, 6.07) is 9.85. The first-order valence-electron chi connectivity index (χ1n) is 11.0. The molecule has 1 fully saturated rings. The summed E-state index contributed by atoms with van der Waals surface area (Å²) in [5, 5.41) is 0. The van der Waals surface area contributed by atoms with Crippen molar-refractivity contribution in [2.45, 2.75) is 46.5 Å². The van der Waals surface area contributed by atoms with E-state index < -0.39 is 5.41 Å². The number of aryl methyl sites for hydroxylation is 1. The molecule has 0 spiro atoms. The van der Waals surface area contributed by atoms with Crippen molar-refractivity contribution in [2.24, 2.45) is 0 Å². The van der Waals surface area contributed by atoms with E-state index in [4.69, 9.17) is 0 Å². The zero-order valence-electron chi connectivity index (χ0n) is 19.2. The maximum atomic E-state index is 13.2. The van der Waals surface area contributed by atoms with E-state index in [1.165, 1.54) is 6.92 Å². The molecule has 6 nitrogen and oxygen atoms in total. The number of Topliss-reactive ketones (excluding diaryl/α,β-unsaturated/α-hetero) is 2. The van der Waals surface area contributed by atoms with E-state index in [1.807, 2.05) is 62.9 Å². The molecule has 1 aliphatic heterocycles. The maximum absolute atomic E-state index is 13.2. The molecule has 6 heteroatoms. The van der Waals surface area contributed by atoms with Crippen molar-refractivity contribution in [2.75, 3.05) is 32.7 Å². The number of ketones is 2. The van der Waals surface area contributed by atoms with Gasteiger partial charge < -0.3 is 9.88 Å². The smallest absolute Gasteiger partial charge is 0.232 e. The molecule has 0 saturated carbocycles. The third kappa shape index (κ3) is 4.64. The van der Waals surface area contributed by atoms with Gasteiger partial charge in [0, 0.05) is 37.4 Å². The molecule has 166 valence electrons. The summed E-state index contributed by atoms with van der Waals surface area (Å²) in [5.41, 5.74) is 3.19. The van der Waals surface area contributed by atoms with Gasteiger partial charge in [-0.3, -0.25) is 19.3 Å². The number of hydrogen-bond donors (Lipinski definition) is 1. The van der Waals surface area contributed by atoms with E-state index >= 15 is 0 Å². The lowest BCUT2D eigenvalue weighted by Crippen LogP contribution is -2.53. The number of nitrogens with zero attached hydrogens (tertiary/aromatic N) is 2. The molecular weight excluding hydrogens is 390 g/mol. The number of rotatable bonds is 7. The summed E-state index contributed by atoms with van der Waals surface area (Å²) >= 11 is 0. The third-order valence-corrected chi connectivity index (χ3v) is 6.33. The van der Waals surface area contributed by atoms with Crippen LogP contribution in [0.5, 0.6) is 0 Å². The van der Waals surface area contributed by atoms with E-state index in [9.17, 15) is 14.4 Å². The monoisotopic (exact) mass is 423 g/mol. The molecule has 2 aromatic rings. The molecule has 1 aliphatic rings. The zero-order valence-corrected chi connectivity index (χ0v) is 19.2. The highest BCUT2D eigenvalue weighted by Gasteiger charge is 2.35. The van der Waals surface area contributed by atoms with E-state index in [-0.39, 0.29) is 24.0 Å². The van der Waals surface area contributed by atoms with Gasteiger partial charge in [-0.05, 0) is 45.2 Å². The number of carbonyl (C=O) groups excluding carboxylic acids is 3. The molecule has 0 atom stereocenters. The van der Waals surface area contributed by atoms with Crippen LogP contribution in [0.2, 0.25) is 0 Å². The van der Waals surface area contributed by atoms with Gasteiger partial charge in [-0.25, -0.2) is 0 Å². The summed E-state index contributed by atoms with van der Waals surface area (Å²) in [6.07, 6.45) is 0.636. The van der Waals surface area contributed by atoms with Crippen LogP contribution in [0.1, 0.15) is 65.4 Å². The van der Waals surface area contributed by atoms with Crippen molar-refractivity contribution >= 4 is 17.5 Å². The fourth-order valence-corrected chi connectivity index (χ4v) is 4.51. The lowest BCUT2D eigenvalue weighted by molar-refractivity contribution is -0.138. The van der Waals surface area contributed by atoms with Gasteiger partial charge in [-0.1, -0.05) is 37.3 Å². The number of aromatic amines is 1. The Balaban J connectivity index is 1.63. The summed E-state index contributed by atoms with van der Waals surface area (Å²) in [4.78, 5) is 45.2. The normalized spacial score (nSPS) is 15.2. The molecular formula is C25H33N3O3. The number of benzene rings is 1. The molecule has 0 unspecified atom stereocenters. The van der Waals surface area contributed by atoms with Gasteiger partial charge in [0.05, 0.1) is 17.7 Å². The summed E-state index contributed by atoms with van der Waals surface area (Å²) < 4.78 is 0. The number of carbonyl (C=O) groups is 3. The molecule has 0 radical (unpaired) electrons. The van der Waals surface area contributed by atoms with Crippen LogP contribution in [0.4, 0.5) is 0 Å². The minimum absolute atomic E-state index is 0.00292. The Morgan fingerprint density at radius 1 is 1.03 bits per heavy atom. The van der Waals surface area contributed by atoms with Crippen molar-refractivity contribution in [1.29, 1.82) is 0 Å². The fraction of sp³-hybridized carbons (Fsp3) is 0.480. The highest BCUT2D eigenvalue weighted by Crippen LogP contribution is 2.26. The molecule has 31 heavy (non-hydrogen) atoms. The summed E-state index contributed by atoms with van der Waals surface area (Å²) in [6.45, 7) is 12.1. The average Bonchev–Trinajstić information content (AvgIpc) is 3.11. The van der Waals surface area contributed by atoms with Crippen LogP contribution in [0.15, 0.2) is 30.3 Å². The van der Waals surface area contributed by atoms with Gasteiger partial charge >= 0.3 is 0 Å². The van der Waals surface area contributed by atoms with Gasteiger partial charge in [-0.2, -0.15) is 0 Å². The molecule has 1 aromatic heterocycles. The van der Waals surface area contributed by atoms with Gasteiger partial charge in [-0.15, -0.1) is 0 Å². The summed E-state index contributed by atoms with van der Waals surface area (Å²) in [5.74, 6) is 0.0960. The van der Waals surface area contributed by atoms with Gasteiger partial charge in [0.25, 0.3) is 0 Å². The quantitative estimate of drug-likeness (QED) is 0.693. The third-order valence-electron chi connectivity index (χ3n) is 6.33.